The summed E-state index contributed by atoms with van der Waals surface area (Å²) in [5.41, 5.74) is 4.45. The highest BCUT2D eigenvalue weighted by Gasteiger charge is 2.28. The zero-order chi connectivity index (χ0) is 29.7. The van der Waals surface area contributed by atoms with Gasteiger partial charge in [-0.2, -0.15) is 0 Å². The number of hydrogen-bond acceptors (Lipinski definition) is 6. The molecule has 1 aliphatic carbocycles. The van der Waals surface area contributed by atoms with E-state index in [-0.39, 0.29) is 29.3 Å². The van der Waals surface area contributed by atoms with Crippen molar-refractivity contribution >= 4 is 21.6 Å². The van der Waals surface area contributed by atoms with E-state index in [1.165, 1.54) is 13.2 Å². The molecule has 1 amide bonds. The standard InChI is InChI=1S/C32H34ClN4O4S/c1-22(24-8-4-3-5-9-24)16-31(38)37(21-23-19-34-32(41-2)35-20-23)27-15-14-25-10-6-13-30(29(25)18-27)36-42(39,40)28-12-7-11-26(33)17-28/h3-5,7-9,11-12,14-15,17-20,22,30,33,36H,6,10,13,16,21H2,1-2H3/q+1/t22-,30+/m1/s1. The zero-order valence-corrected chi connectivity index (χ0v) is 25.2. The van der Waals surface area contributed by atoms with E-state index in [0.717, 1.165) is 35.1 Å². The molecule has 1 aliphatic rings. The Morgan fingerprint density at radius 2 is 1.83 bits per heavy atom. The minimum Gasteiger partial charge on any atom is -0.467 e. The first-order valence-electron chi connectivity index (χ1n) is 13.9. The number of amides is 1. The predicted molar refractivity (Wildman–Crippen MR) is 159 cm³/mol. The van der Waals surface area contributed by atoms with E-state index in [0.29, 0.717) is 23.6 Å². The number of methoxy groups -OCH3 is 1. The smallest absolute Gasteiger partial charge is 0.316 e. The normalized spacial score (nSPS) is 15.5. The number of rotatable bonds is 10. The second-order valence-electron chi connectivity index (χ2n) is 10.5. The molecule has 5 rings (SSSR count). The molecular weight excluding hydrogens is 572 g/mol. The van der Waals surface area contributed by atoms with Crippen LogP contribution < -0.4 is 14.4 Å². The van der Waals surface area contributed by atoms with E-state index < -0.39 is 16.1 Å². The first-order chi connectivity index (χ1) is 20.2. The van der Waals surface area contributed by atoms with Gasteiger partial charge in [0.15, 0.2) is 11.6 Å². The van der Waals surface area contributed by atoms with E-state index in [1.807, 2.05) is 55.5 Å². The van der Waals surface area contributed by atoms with Crippen LogP contribution >= 0.6 is 0 Å². The van der Waals surface area contributed by atoms with Crippen molar-refractivity contribution in [1.82, 2.24) is 14.7 Å². The van der Waals surface area contributed by atoms with Crippen LogP contribution in [-0.4, -0.2) is 31.4 Å². The van der Waals surface area contributed by atoms with Crippen molar-refractivity contribution in [3.63, 3.8) is 0 Å². The molecule has 42 heavy (non-hydrogen) atoms. The molecule has 0 saturated carbocycles. The van der Waals surface area contributed by atoms with Crippen LogP contribution in [-0.2, 0) is 27.8 Å². The number of aromatic nitrogens is 2. The monoisotopic (exact) mass is 605 g/mol. The summed E-state index contributed by atoms with van der Waals surface area (Å²) in [5, 5.41) is 0.464. The maximum absolute atomic E-state index is 13.9. The summed E-state index contributed by atoms with van der Waals surface area (Å²) in [6.45, 7) is 2.29. The van der Waals surface area contributed by atoms with E-state index in [1.54, 1.807) is 35.5 Å². The third-order valence-electron chi connectivity index (χ3n) is 7.52. The highest BCUT2D eigenvalue weighted by atomic mass is 35.5. The van der Waals surface area contributed by atoms with Gasteiger partial charge >= 0.3 is 6.01 Å². The molecule has 1 N–H and O–H groups in total. The third-order valence-corrected chi connectivity index (χ3v) is 9.25. The fourth-order valence-corrected chi connectivity index (χ4v) is 6.86. The van der Waals surface area contributed by atoms with Crippen LogP contribution in [0.1, 0.15) is 60.4 Å². The maximum atomic E-state index is 13.9. The second-order valence-corrected chi connectivity index (χ2v) is 12.7. The van der Waals surface area contributed by atoms with Crippen LogP contribution in [0.25, 0.3) is 0 Å². The number of sulfonamides is 1. The van der Waals surface area contributed by atoms with Crippen LogP contribution in [0, 0.1) is 11.6 Å². The average Bonchev–Trinajstić information content (AvgIpc) is 3.00. The van der Waals surface area contributed by atoms with Gasteiger partial charge in [0, 0.05) is 48.2 Å². The minimum absolute atomic E-state index is 0.00523. The quantitative estimate of drug-likeness (QED) is 0.264. The number of aryl methyl sites for hydroxylation is 1. The number of nitrogens with one attached hydrogen (secondary N) is 1. The Kier molecular flexibility index (Phi) is 9.21. The Balaban J connectivity index is 1.46. The van der Waals surface area contributed by atoms with Crippen molar-refractivity contribution in [1.29, 1.82) is 0 Å². The molecule has 8 nitrogen and oxygen atoms in total. The SMILES string of the molecule is COc1ncc(CN(C(=O)C[C@@H](C)c2ccccc2)c2ccc3c(c2)[C@@H](NS(=O)(=O)c2cccc([ClH+])c2)CCC3)cn1. The highest BCUT2D eigenvalue weighted by molar-refractivity contribution is 7.89. The molecular formula is C32H34ClN4O4S+. The number of halogens is 1. The van der Waals surface area contributed by atoms with Crippen molar-refractivity contribution in [2.75, 3.05) is 12.0 Å². The molecule has 0 bridgehead atoms. The molecule has 4 aromatic rings. The fraction of sp³-hybridized carbons (Fsp3) is 0.281. The summed E-state index contributed by atoms with van der Waals surface area (Å²) in [6, 6.07) is 22.0. The number of benzene rings is 3. The van der Waals surface area contributed by atoms with Crippen LogP contribution in [0.2, 0.25) is 5.02 Å². The van der Waals surface area contributed by atoms with E-state index >= 15 is 0 Å². The zero-order valence-electron chi connectivity index (χ0n) is 23.6. The molecule has 10 heteroatoms. The topological polar surface area (TPSA) is 101 Å². The molecule has 0 radical (unpaired) electrons. The van der Waals surface area contributed by atoms with Gasteiger partial charge < -0.3 is 9.64 Å². The summed E-state index contributed by atoms with van der Waals surface area (Å²) in [7, 11) is -2.30. The number of anilines is 1. The molecule has 2 atom stereocenters. The number of nitrogens with zero attached hydrogens (tertiary/aromatic N) is 3. The Labute approximate surface area is 251 Å². The van der Waals surface area contributed by atoms with Gasteiger partial charge in [-0.3, -0.25) is 4.79 Å². The van der Waals surface area contributed by atoms with Crippen LogP contribution in [0.15, 0.2) is 90.1 Å². The number of ether oxygens (including phenoxy) is 1. The molecule has 0 saturated heterocycles. The molecule has 3 aromatic carbocycles. The highest BCUT2D eigenvalue weighted by Crippen LogP contribution is 2.35. The van der Waals surface area contributed by atoms with E-state index in [4.69, 9.17) is 16.3 Å². The van der Waals surface area contributed by atoms with Gasteiger partial charge in [-0.05, 0) is 60.1 Å². The number of carbonyl (C=O) groups excluding carboxylic acids is 1. The summed E-state index contributed by atoms with van der Waals surface area (Å²) in [5.74, 6) is -0.0528. The van der Waals surface area contributed by atoms with E-state index in [2.05, 4.69) is 14.7 Å². The molecule has 1 aromatic heterocycles. The fourth-order valence-electron chi connectivity index (χ4n) is 5.28. The van der Waals surface area contributed by atoms with Gasteiger partial charge in [0.25, 0.3) is 0 Å². The Morgan fingerprint density at radius 3 is 2.55 bits per heavy atom. The summed E-state index contributed by atoms with van der Waals surface area (Å²) in [6.07, 6.45) is 5.92. The average molecular weight is 606 g/mol. The largest absolute Gasteiger partial charge is 0.467 e. The van der Waals surface area contributed by atoms with Crippen LogP contribution in [0.4, 0.5) is 5.69 Å². The lowest BCUT2D eigenvalue weighted by atomic mass is 9.87. The van der Waals surface area contributed by atoms with Crippen LogP contribution in [0.3, 0.4) is 0 Å². The molecule has 1 heterocycles. The van der Waals surface area contributed by atoms with Crippen molar-refractivity contribution < 1.29 is 29.6 Å². The van der Waals surface area contributed by atoms with Crippen molar-refractivity contribution in [3.8, 4) is 6.01 Å². The third kappa shape index (κ3) is 6.98. The minimum atomic E-state index is -3.80. The van der Waals surface area contributed by atoms with Crippen molar-refractivity contribution in [2.45, 2.75) is 56.0 Å². The van der Waals surface area contributed by atoms with Gasteiger partial charge in [0.05, 0.1) is 18.6 Å². The van der Waals surface area contributed by atoms with Crippen molar-refractivity contribution in [2.24, 2.45) is 0 Å². The molecule has 0 unspecified atom stereocenters. The summed E-state index contributed by atoms with van der Waals surface area (Å²) in [4.78, 5) is 24.2. The lowest BCUT2D eigenvalue weighted by Crippen LogP contribution is -2.33. The Hall–Kier alpha value is -3.79. The van der Waals surface area contributed by atoms with Gasteiger partial charge in [-0.15, -0.1) is 0 Å². The Bertz CT molecular complexity index is 1650. The van der Waals surface area contributed by atoms with Gasteiger partial charge in [0.2, 0.25) is 21.0 Å². The second kappa shape index (κ2) is 13.0. The van der Waals surface area contributed by atoms with E-state index in [9.17, 15) is 13.2 Å². The predicted octanol–water partition coefficient (Wildman–Crippen LogP) is 5.26. The molecule has 218 valence electrons. The van der Waals surface area contributed by atoms with Crippen molar-refractivity contribution in [3.05, 3.63) is 112 Å². The maximum Gasteiger partial charge on any atom is 0.316 e. The number of fused-ring (bicyclic) bond motifs is 1. The van der Waals surface area contributed by atoms with Gasteiger partial charge in [0.1, 0.15) is 0 Å². The molecule has 0 spiro atoms. The Morgan fingerprint density at radius 1 is 1.07 bits per heavy atom. The summed E-state index contributed by atoms with van der Waals surface area (Å²) >= 11 is 5.19. The summed E-state index contributed by atoms with van der Waals surface area (Å²) < 4.78 is 34.6. The van der Waals surface area contributed by atoms with Gasteiger partial charge in [-0.1, -0.05) is 49.4 Å². The molecule has 0 aliphatic heterocycles. The number of hydrogen-bond donors (Lipinski definition) is 1. The molecule has 0 fully saturated rings. The lowest BCUT2D eigenvalue weighted by Gasteiger charge is -2.30. The van der Waals surface area contributed by atoms with Gasteiger partial charge in [-0.25, -0.2) is 23.1 Å². The lowest BCUT2D eigenvalue weighted by molar-refractivity contribution is -0.289. The first kappa shape index (κ1) is 29.7. The van der Waals surface area contributed by atoms with Crippen LogP contribution in [0.5, 0.6) is 6.01 Å². The first-order valence-corrected chi connectivity index (χ1v) is 15.7. The number of carbonyl (C=O) groups is 1.